The summed E-state index contributed by atoms with van der Waals surface area (Å²) in [7, 11) is 0. The van der Waals surface area contributed by atoms with E-state index in [0.717, 1.165) is 5.56 Å². The normalized spacial score (nSPS) is 20.3. The van der Waals surface area contributed by atoms with Gasteiger partial charge < -0.3 is 9.47 Å². The van der Waals surface area contributed by atoms with Crippen LogP contribution in [-0.4, -0.2) is 17.7 Å². The molecule has 1 heterocycles. The molecule has 0 aliphatic carbocycles. The first-order valence-electron chi connectivity index (χ1n) is 6.08. The predicted molar refractivity (Wildman–Crippen MR) is 69.1 cm³/mol. The van der Waals surface area contributed by atoms with Crippen LogP contribution in [0.5, 0.6) is 0 Å². The van der Waals surface area contributed by atoms with Crippen molar-refractivity contribution in [1.82, 2.24) is 0 Å². The second-order valence-electron chi connectivity index (χ2n) is 4.89. The second-order valence-corrected chi connectivity index (χ2v) is 4.89. The minimum atomic E-state index is -1.20. The fraction of sp³-hybridized carbons (Fsp3) is 0.333. The van der Waals surface area contributed by atoms with E-state index in [1.807, 2.05) is 30.3 Å². The Morgan fingerprint density at radius 3 is 2.16 bits per heavy atom. The van der Waals surface area contributed by atoms with Gasteiger partial charge in [0, 0.05) is 19.8 Å². The third kappa shape index (κ3) is 2.67. The van der Waals surface area contributed by atoms with E-state index in [4.69, 9.17) is 9.47 Å². The fourth-order valence-corrected chi connectivity index (χ4v) is 2.16. The quantitative estimate of drug-likeness (QED) is 0.476. The van der Waals surface area contributed by atoms with Gasteiger partial charge in [0.15, 0.2) is 5.92 Å². The Kier molecular flexibility index (Phi) is 3.42. The summed E-state index contributed by atoms with van der Waals surface area (Å²) in [5.41, 5.74) is 0.830. The van der Waals surface area contributed by atoms with Crippen LogP contribution in [0.3, 0.4) is 0 Å². The average molecular weight is 260 g/mol. The Hall–Kier alpha value is -2.10. The van der Waals surface area contributed by atoms with Crippen molar-refractivity contribution in [2.24, 2.45) is 5.92 Å². The largest absolute Gasteiger partial charge is 0.422 e. The first-order chi connectivity index (χ1) is 8.94. The number of ether oxygens (including phenoxy) is 2. The number of allylic oxidation sites excluding steroid dienone is 1. The minimum absolute atomic E-state index is 0.447. The molecule has 1 atom stereocenters. The van der Waals surface area contributed by atoms with Crippen molar-refractivity contribution in [3.05, 3.63) is 48.6 Å². The zero-order valence-corrected chi connectivity index (χ0v) is 11.0. The molecule has 1 fully saturated rings. The van der Waals surface area contributed by atoms with Gasteiger partial charge in [-0.3, -0.25) is 9.59 Å². The summed E-state index contributed by atoms with van der Waals surface area (Å²) in [6.45, 7) is 6.77. The number of rotatable bonds is 3. The molecular formula is C15H16O4. The molecule has 19 heavy (non-hydrogen) atoms. The molecule has 1 aromatic carbocycles. The van der Waals surface area contributed by atoms with Crippen LogP contribution < -0.4 is 0 Å². The van der Waals surface area contributed by atoms with Gasteiger partial charge in [-0.15, -0.1) is 6.58 Å². The molecule has 1 aromatic rings. The van der Waals surface area contributed by atoms with E-state index in [2.05, 4.69) is 6.58 Å². The Balaban J connectivity index is 2.32. The molecule has 4 nitrogen and oxygen atoms in total. The Morgan fingerprint density at radius 2 is 1.68 bits per heavy atom. The lowest BCUT2D eigenvalue weighted by molar-refractivity contribution is -0.240. The van der Waals surface area contributed by atoms with Gasteiger partial charge in [-0.2, -0.15) is 0 Å². The van der Waals surface area contributed by atoms with Gasteiger partial charge in [0.25, 0.3) is 5.79 Å². The van der Waals surface area contributed by atoms with E-state index < -0.39 is 29.6 Å². The molecule has 0 amide bonds. The van der Waals surface area contributed by atoms with Crippen molar-refractivity contribution < 1.29 is 19.1 Å². The van der Waals surface area contributed by atoms with E-state index in [1.54, 1.807) is 6.08 Å². The predicted octanol–water partition coefficient (Wildman–Crippen LogP) is 2.41. The number of hydrogen-bond donors (Lipinski definition) is 0. The summed E-state index contributed by atoms with van der Waals surface area (Å²) >= 11 is 0. The number of carbonyl (C=O) groups is 2. The molecule has 0 radical (unpaired) electrons. The summed E-state index contributed by atoms with van der Waals surface area (Å²) in [5.74, 6) is -3.79. The zero-order valence-electron chi connectivity index (χ0n) is 11.0. The molecular weight excluding hydrogens is 244 g/mol. The highest BCUT2D eigenvalue weighted by Gasteiger charge is 2.46. The van der Waals surface area contributed by atoms with Gasteiger partial charge in [-0.1, -0.05) is 36.4 Å². The lowest BCUT2D eigenvalue weighted by Gasteiger charge is -2.35. The van der Waals surface area contributed by atoms with Crippen molar-refractivity contribution in [1.29, 1.82) is 0 Å². The Morgan fingerprint density at radius 1 is 1.16 bits per heavy atom. The van der Waals surface area contributed by atoms with Gasteiger partial charge in [0.05, 0.1) is 0 Å². The summed E-state index contributed by atoms with van der Waals surface area (Å²) in [6.07, 6.45) is 1.57. The molecule has 1 saturated heterocycles. The van der Waals surface area contributed by atoms with Crippen LogP contribution in [0, 0.1) is 5.92 Å². The monoisotopic (exact) mass is 260 g/mol. The number of benzene rings is 1. The summed E-state index contributed by atoms with van der Waals surface area (Å²) in [5, 5.41) is 0. The third-order valence-corrected chi connectivity index (χ3v) is 3.00. The van der Waals surface area contributed by atoms with Gasteiger partial charge >= 0.3 is 11.9 Å². The molecule has 2 rings (SSSR count). The maximum Gasteiger partial charge on any atom is 0.324 e. The van der Waals surface area contributed by atoms with Gasteiger partial charge in [-0.25, -0.2) is 0 Å². The molecule has 0 saturated carbocycles. The molecule has 1 aliphatic heterocycles. The molecule has 4 heteroatoms. The van der Waals surface area contributed by atoms with Crippen LogP contribution in [0.4, 0.5) is 0 Å². The van der Waals surface area contributed by atoms with E-state index in [0.29, 0.717) is 0 Å². The maximum absolute atomic E-state index is 12.0. The second kappa shape index (κ2) is 4.88. The molecule has 0 aromatic heterocycles. The standard InChI is InChI=1S/C15H16O4/c1-4-11(10-8-6-5-7-9-10)12-13(16)18-15(2,3)19-14(12)17/h4-9,11-12H,1H2,2-3H3. The van der Waals surface area contributed by atoms with Crippen LogP contribution in [0.15, 0.2) is 43.0 Å². The third-order valence-electron chi connectivity index (χ3n) is 3.00. The topological polar surface area (TPSA) is 52.6 Å². The van der Waals surface area contributed by atoms with Crippen LogP contribution >= 0.6 is 0 Å². The number of esters is 2. The first-order valence-corrected chi connectivity index (χ1v) is 6.08. The number of carbonyl (C=O) groups excluding carboxylic acids is 2. The number of hydrogen-bond acceptors (Lipinski definition) is 4. The van der Waals surface area contributed by atoms with Gasteiger partial charge in [-0.05, 0) is 5.56 Å². The van der Waals surface area contributed by atoms with Crippen molar-refractivity contribution in [3.8, 4) is 0 Å². The van der Waals surface area contributed by atoms with E-state index >= 15 is 0 Å². The molecule has 100 valence electrons. The zero-order chi connectivity index (χ0) is 14.0. The van der Waals surface area contributed by atoms with Gasteiger partial charge in [0.1, 0.15) is 0 Å². The van der Waals surface area contributed by atoms with E-state index in [1.165, 1.54) is 13.8 Å². The van der Waals surface area contributed by atoms with Gasteiger partial charge in [0.2, 0.25) is 0 Å². The maximum atomic E-state index is 12.0. The van der Waals surface area contributed by atoms with Crippen molar-refractivity contribution >= 4 is 11.9 Å². The highest BCUT2D eigenvalue weighted by Crippen LogP contribution is 2.33. The smallest absolute Gasteiger partial charge is 0.324 e. The number of cyclic esters (lactones) is 2. The fourth-order valence-electron chi connectivity index (χ4n) is 2.16. The van der Waals surface area contributed by atoms with Crippen molar-refractivity contribution in [2.45, 2.75) is 25.6 Å². The van der Waals surface area contributed by atoms with Crippen LogP contribution in [-0.2, 0) is 19.1 Å². The molecule has 0 N–H and O–H groups in total. The Bertz CT molecular complexity index is 484. The minimum Gasteiger partial charge on any atom is -0.422 e. The lowest BCUT2D eigenvalue weighted by Crippen LogP contribution is -2.48. The van der Waals surface area contributed by atoms with E-state index in [-0.39, 0.29) is 0 Å². The first kappa shape index (κ1) is 13.3. The SMILES string of the molecule is C=CC(c1ccccc1)C1C(=O)OC(C)(C)OC1=O. The van der Waals surface area contributed by atoms with Crippen LogP contribution in [0.25, 0.3) is 0 Å². The van der Waals surface area contributed by atoms with Crippen LogP contribution in [0.2, 0.25) is 0 Å². The molecule has 0 spiro atoms. The molecule has 0 bridgehead atoms. The summed E-state index contributed by atoms with van der Waals surface area (Å²) in [4.78, 5) is 24.0. The van der Waals surface area contributed by atoms with E-state index in [9.17, 15) is 9.59 Å². The summed E-state index contributed by atoms with van der Waals surface area (Å²) < 4.78 is 10.3. The Labute approximate surface area is 112 Å². The summed E-state index contributed by atoms with van der Waals surface area (Å²) in [6, 6.07) is 9.23. The molecule has 1 unspecified atom stereocenters. The van der Waals surface area contributed by atoms with Crippen molar-refractivity contribution in [3.63, 3.8) is 0 Å². The van der Waals surface area contributed by atoms with Crippen LogP contribution in [0.1, 0.15) is 25.3 Å². The van der Waals surface area contributed by atoms with Crippen molar-refractivity contribution in [2.75, 3.05) is 0 Å². The highest BCUT2D eigenvalue weighted by molar-refractivity contribution is 5.98. The lowest BCUT2D eigenvalue weighted by atomic mass is 9.85. The molecule has 1 aliphatic rings. The average Bonchev–Trinajstić information content (AvgIpc) is 2.33. The highest BCUT2D eigenvalue weighted by atomic mass is 16.7.